The number of para-hydroxylation sites is 1. The van der Waals surface area contributed by atoms with E-state index in [0.29, 0.717) is 24.5 Å². The number of furan rings is 1. The molecule has 0 unspecified atom stereocenters. The number of nitriles is 1. The number of hydrogen-bond acceptors (Lipinski definition) is 4. The standard InChI is InChI=1S/C18H16N4O2/c19-10-5-11-21(14-16-8-4-13-24-16)18(23)17-9-12-22(20-17)15-6-2-1-3-7-15/h1-4,6-9,12-13H,5,11,14H2. The van der Waals surface area contributed by atoms with Crippen LogP contribution < -0.4 is 0 Å². The highest BCUT2D eigenvalue weighted by Crippen LogP contribution is 2.12. The van der Waals surface area contributed by atoms with Crippen LogP contribution in [0.25, 0.3) is 5.69 Å². The van der Waals surface area contributed by atoms with Gasteiger partial charge in [-0.15, -0.1) is 0 Å². The molecule has 0 radical (unpaired) electrons. The quantitative estimate of drug-likeness (QED) is 0.699. The summed E-state index contributed by atoms with van der Waals surface area (Å²) < 4.78 is 6.96. The number of aromatic nitrogens is 2. The summed E-state index contributed by atoms with van der Waals surface area (Å²) in [6, 6.07) is 16.9. The summed E-state index contributed by atoms with van der Waals surface area (Å²) in [5.74, 6) is 0.445. The van der Waals surface area contributed by atoms with Crippen molar-refractivity contribution in [1.82, 2.24) is 14.7 Å². The maximum absolute atomic E-state index is 12.7. The predicted molar refractivity (Wildman–Crippen MR) is 87.2 cm³/mol. The van der Waals surface area contributed by atoms with Gasteiger partial charge >= 0.3 is 0 Å². The summed E-state index contributed by atoms with van der Waals surface area (Å²) >= 11 is 0. The monoisotopic (exact) mass is 320 g/mol. The molecule has 2 heterocycles. The summed E-state index contributed by atoms with van der Waals surface area (Å²) in [6.45, 7) is 0.639. The van der Waals surface area contributed by atoms with Gasteiger partial charge in [-0.3, -0.25) is 4.79 Å². The van der Waals surface area contributed by atoms with Crippen molar-refractivity contribution in [2.24, 2.45) is 0 Å². The first-order chi connectivity index (χ1) is 11.8. The molecule has 0 aliphatic carbocycles. The van der Waals surface area contributed by atoms with Gasteiger partial charge in [0.2, 0.25) is 0 Å². The molecule has 1 aromatic carbocycles. The Bertz CT molecular complexity index is 832. The van der Waals surface area contributed by atoms with E-state index in [4.69, 9.17) is 9.68 Å². The average Bonchev–Trinajstić information content (AvgIpc) is 3.30. The van der Waals surface area contributed by atoms with Gasteiger partial charge in [-0.2, -0.15) is 10.4 Å². The van der Waals surface area contributed by atoms with Crippen LogP contribution in [0.5, 0.6) is 0 Å². The Balaban J connectivity index is 1.79. The highest BCUT2D eigenvalue weighted by Gasteiger charge is 2.19. The Labute approximate surface area is 139 Å². The Hall–Kier alpha value is -3.33. The fraction of sp³-hybridized carbons (Fsp3) is 0.167. The van der Waals surface area contributed by atoms with Gasteiger partial charge in [0.15, 0.2) is 5.69 Å². The molecule has 3 rings (SSSR count). The van der Waals surface area contributed by atoms with Crippen LogP contribution in [-0.2, 0) is 6.54 Å². The number of rotatable bonds is 6. The van der Waals surface area contributed by atoms with Gasteiger partial charge in [0.1, 0.15) is 5.76 Å². The first-order valence-corrected chi connectivity index (χ1v) is 7.57. The molecule has 0 saturated heterocycles. The number of amides is 1. The Morgan fingerprint density at radius 2 is 2.04 bits per heavy atom. The zero-order valence-electron chi connectivity index (χ0n) is 13.0. The minimum Gasteiger partial charge on any atom is -0.467 e. The Morgan fingerprint density at radius 3 is 2.75 bits per heavy atom. The van der Waals surface area contributed by atoms with Crippen LogP contribution in [0, 0.1) is 11.3 Å². The van der Waals surface area contributed by atoms with E-state index in [0.717, 1.165) is 5.69 Å². The summed E-state index contributed by atoms with van der Waals surface area (Å²) in [5.41, 5.74) is 1.22. The number of hydrogen-bond donors (Lipinski definition) is 0. The summed E-state index contributed by atoms with van der Waals surface area (Å²) in [7, 11) is 0. The van der Waals surface area contributed by atoms with Gasteiger partial charge in [-0.1, -0.05) is 18.2 Å². The molecular formula is C18H16N4O2. The average molecular weight is 320 g/mol. The number of benzene rings is 1. The van der Waals surface area contributed by atoms with Crippen LogP contribution >= 0.6 is 0 Å². The number of carbonyl (C=O) groups is 1. The molecule has 120 valence electrons. The van der Waals surface area contributed by atoms with Gasteiger partial charge in [0, 0.05) is 12.7 Å². The van der Waals surface area contributed by atoms with Crippen LogP contribution in [-0.4, -0.2) is 27.1 Å². The second-order valence-corrected chi connectivity index (χ2v) is 5.20. The normalized spacial score (nSPS) is 10.3. The lowest BCUT2D eigenvalue weighted by atomic mass is 10.3. The van der Waals surface area contributed by atoms with Gasteiger partial charge in [-0.25, -0.2) is 4.68 Å². The fourth-order valence-electron chi connectivity index (χ4n) is 2.35. The second-order valence-electron chi connectivity index (χ2n) is 5.20. The largest absolute Gasteiger partial charge is 0.467 e. The number of carbonyl (C=O) groups excluding carboxylic acids is 1. The van der Waals surface area contributed by atoms with E-state index in [9.17, 15) is 4.79 Å². The van der Waals surface area contributed by atoms with Gasteiger partial charge < -0.3 is 9.32 Å². The third-order valence-electron chi connectivity index (χ3n) is 3.54. The lowest BCUT2D eigenvalue weighted by molar-refractivity contribution is 0.0729. The Morgan fingerprint density at radius 1 is 1.21 bits per heavy atom. The molecule has 24 heavy (non-hydrogen) atoms. The molecule has 2 aromatic heterocycles. The molecule has 0 bridgehead atoms. The molecule has 0 N–H and O–H groups in total. The molecule has 0 spiro atoms. The Kier molecular flexibility index (Phi) is 4.73. The molecule has 3 aromatic rings. The maximum Gasteiger partial charge on any atom is 0.274 e. The van der Waals surface area contributed by atoms with E-state index >= 15 is 0 Å². The minimum atomic E-state index is -0.226. The van der Waals surface area contributed by atoms with Crippen LogP contribution in [0.1, 0.15) is 22.7 Å². The smallest absolute Gasteiger partial charge is 0.274 e. The van der Waals surface area contributed by atoms with E-state index in [2.05, 4.69) is 11.2 Å². The highest BCUT2D eigenvalue weighted by atomic mass is 16.3. The van der Waals surface area contributed by atoms with E-state index < -0.39 is 0 Å². The van der Waals surface area contributed by atoms with E-state index in [1.165, 1.54) is 0 Å². The zero-order valence-corrected chi connectivity index (χ0v) is 13.0. The summed E-state index contributed by atoms with van der Waals surface area (Å²) in [4.78, 5) is 14.3. The molecule has 6 nitrogen and oxygen atoms in total. The predicted octanol–water partition coefficient (Wildman–Crippen LogP) is 3.02. The van der Waals surface area contributed by atoms with Crippen molar-refractivity contribution in [1.29, 1.82) is 5.26 Å². The molecular weight excluding hydrogens is 304 g/mol. The second kappa shape index (κ2) is 7.29. The first kappa shape index (κ1) is 15.6. The molecule has 0 aliphatic rings. The van der Waals surface area contributed by atoms with Gasteiger partial charge in [0.25, 0.3) is 5.91 Å². The topological polar surface area (TPSA) is 75.1 Å². The van der Waals surface area contributed by atoms with Gasteiger partial charge in [-0.05, 0) is 30.3 Å². The summed E-state index contributed by atoms with van der Waals surface area (Å²) in [6.07, 6.45) is 3.57. The van der Waals surface area contributed by atoms with Crippen molar-refractivity contribution >= 4 is 5.91 Å². The van der Waals surface area contributed by atoms with E-state index in [1.54, 1.807) is 40.2 Å². The van der Waals surface area contributed by atoms with Crippen LogP contribution in [0.15, 0.2) is 65.4 Å². The molecule has 1 amide bonds. The maximum atomic E-state index is 12.7. The third kappa shape index (κ3) is 3.52. The van der Waals surface area contributed by atoms with Crippen LogP contribution in [0.3, 0.4) is 0 Å². The van der Waals surface area contributed by atoms with Crippen molar-refractivity contribution in [3.05, 3.63) is 72.4 Å². The van der Waals surface area contributed by atoms with Gasteiger partial charge in [0.05, 0.1) is 31.0 Å². The lowest BCUT2D eigenvalue weighted by Gasteiger charge is -2.19. The molecule has 0 atom stereocenters. The lowest BCUT2D eigenvalue weighted by Crippen LogP contribution is -2.31. The molecule has 0 aliphatic heterocycles. The van der Waals surface area contributed by atoms with Crippen molar-refractivity contribution in [3.8, 4) is 11.8 Å². The van der Waals surface area contributed by atoms with E-state index in [-0.39, 0.29) is 12.3 Å². The van der Waals surface area contributed by atoms with Crippen LogP contribution in [0.2, 0.25) is 0 Å². The number of nitrogens with zero attached hydrogens (tertiary/aromatic N) is 4. The van der Waals surface area contributed by atoms with Crippen molar-refractivity contribution in [3.63, 3.8) is 0 Å². The third-order valence-corrected chi connectivity index (χ3v) is 3.54. The highest BCUT2D eigenvalue weighted by molar-refractivity contribution is 5.92. The van der Waals surface area contributed by atoms with Crippen molar-refractivity contribution < 1.29 is 9.21 Å². The SMILES string of the molecule is N#CCCN(Cc1ccco1)C(=O)c1ccn(-c2ccccc2)n1. The molecule has 0 saturated carbocycles. The zero-order chi connectivity index (χ0) is 16.8. The minimum absolute atomic E-state index is 0.226. The van der Waals surface area contributed by atoms with Crippen molar-refractivity contribution in [2.75, 3.05) is 6.54 Å². The summed E-state index contributed by atoms with van der Waals surface area (Å²) in [5, 5.41) is 13.2. The van der Waals surface area contributed by atoms with Crippen LogP contribution in [0.4, 0.5) is 0 Å². The fourth-order valence-corrected chi connectivity index (χ4v) is 2.35. The molecule has 0 fully saturated rings. The van der Waals surface area contributed by atoms with Crippen molar-refractivity contribution in [2.45, 2.75) is 13.0 Å². The van der Waals surface area contributed by atoms with E-state index in [1.807, 2.05) is 30.3 Å². The molecule has 6 heteroatoms. The first-order valence-electron chi connectivity index (χ1n) is 7.57.